The molecule has 5 heteroatoms. The predicted molar refractivity (Wildman–Crippen MR) is 65.5 cm³/mol. The van der Waals surface area contributed by atoms with Crippen LogP contribution in [-0.4, -0.2) is 39.7 Å². The summed E-state index contributed by atoms with van der Waals surface area (Å²) in [5, 5.41) is 4.02. The Balaban J connectivity index is 2.11. The molecule has 2 atom stereocenters. The van der Waals surface area contributed by atoms with E-state index in [9.17, 15) is 4.79 Å². The zero-order valence-electron chi connectivity index (χ0n) is 10.5. The number of nitrogens with two attached hydrogens (primary N) is 1. The van der Waals surface area contributed by atoms with Crippen molar-refractivity contribution in [3.8, 4) is 0 Å². The van der Waals surface area contributed by atoms with E-state index in [4.69, 9.17) is 5.73 Å². The van der Waals surface area contributed by atoms with Crippen LogP contribution in [0.25, 0.3) is 0 Å². The van der Waals surface area contributed by atoms with Gasteiger partial charge in [-0.15, -0.1) is 0 Å². The summed E-state index contributed by atoms with van der Waals surface area (Å²) in [4.78, 5) is 14.1. The molecule has 0 aliphatic heterocycles. The zero-order valence-corrected chi connectivity index (χ0v) is 10.5. The number of carbonyl (C=O) groups excluding carboxylic acids is 1. The van der Waals surface area contributed by atoms with E-state index >= 15 is 0 Å². The van der Waals surface area contributed by atoms with Gasteiger partial charge < -0.3 is 10.6 Å². The molecule has 2 rings (SSSR count). The maximum absolute atomic E-state index is 12.3. The maximum Gasteiger partial charge on any atom is 0.272 e. The molecule has 2 N–H and O–H groups in total. The fraction of sp³-hybridized carbons (Fsp3) is 0.667. The molecule has 0 spiro atoms. The van der Waals surface area contributed by atoms with Gasteiger partial charge in [0.15, 0.2) is 0 Å². The second kappa shape index (κ2) is 4.87. The van der Waals surface area contributed by atoms with E-state index < -0.39 is 0 Å². The zero-order chi connectivity index (χ0) is 12.4. The number of rotatable bonds is 2. The minimum atomic E-state index is 0.00681. The van der Waals surface area contributed by atoms with Gasteiger partial charge in [0.25, 0.3) is 5.91 Å². The first kappa shape index (κ1) is 12.1. The molecule has 0 saturated heterocycles. The first-order valence-corrected chi connectivity index (χ1v) is 6.12. The van der Waals surface area contributed by atoms with E-state index in [-0.39, 0.29) is 18.0 Å². The Labute approximate surface area is 102 Å². The van der Waals surface area contributed by atoms with Gasteiger partial charge in [-0.1, -0.05) is 12.8 Å². The summed E-state index contributed by atoms with van der Waals surface area (Å²) in [6.45, 7) is 0. The van der Waals surface area contributed by atoms with Gasteiger partial charge in [0, 0.05) is 32.4 Å². The van der Waals surface area contributed by atoms with Crippen LogP contribution in [0.15, 0.2) is 12.3 Å². The van der Waals surface area contributed by atoms with Crippen molar-refractivity contribution in [1.82, 2.24) is 14.7 Å². The van der Waals surface area contributed by atoms with Crippen molar-refractivity contribution in [3.05, 3.63) is 18.0 Å². The third-order valence-corrected chi connectivity index (χ3v) is 3.64. The lowest BCUT2D eigenvalue weighted by Crippen LogP contribution is -2.50. The highest BCUT2D eigenvalue weighted by molar-refractivity contribution is 5.92. The number of carbonyl (C=O) groups is 1. The van der Waals surface area contributed by atoms with Crippen LogP contribution in [0.4, 0.5) is 0 Å². The van der Waals surface area contributed by atoms with Crippen LogP contribution in [0.1, 0.15) is 36.2 Å². The number of hydrogen-bond donors (Lipinski definition) is 1. The Hall–Kier alpha value is -1.36. The van der Waals surface area contributed by atoms with Gasteiger partial charge >= 0.3 is 0 Å². The highest BCUT2D eigenvalue weighted by atomic mass is 16.2. The minimum absolute atomic E-state index is 0.00681. The van der Waals surface area contributed by atoms with Crippen LogP contribution in [0.3, 0.4) is 0 Å². The van der Waals surface area contributed by atoms with E-state index in [2.05, 4.69) is 5.10 Å². The normalized spacial score (nSPS) is 24.6. The third kappa shape index (κ3) is 2.34. The molecule has 2 unspecified atom stereocenters. The van der Waals surface area contributed by atoms with E-state index in [0.717, 1.165) is 19.3 Å². The fourth-order valence-electron chi connectivity index (χ4n) is 2.54. The molecule has 0 bridgehead atoms. The molecule has 0 radical (unpaired) electrons. The second-order valence-corrected chi connectivity index (χ2v) is 4.77. The summed E-state index contributed by atoms with van der Waals surface area (Å²) in [7, 11) is 3.62. The molecule has 1 aromatic rings. The number of aromatic nitrogens is 2. The summed E-state index contributed by atoms with van der Waals surface area (Å²) in [5.74, 6) is 0.00681. The Morgan fingerprint density at radius 3 is 2.82 bits per heavy atom. The topological polar surface area (TPSA) is 64.2 Å². The molecule has 1 fully saturated rings. The minimum Gasteiger partial charge on any atom is -0.336 e. The lowest BCUT2D eigenvalue weighted by Gasteiger charge is -2.35. The van der Waals surface area contributed by atoms with Gasteiger partial charge in [0.05, 0.1) is 0 Å². The van der Waals surface area contributed by atoms with Crippen molar-refractivity contribution >= 4 is 5.91 Å². The van der Waals surface area contributed by atoms with E-state index in [1.807, 2.05) is 7.05 Å². The third-order valence-electron chi connectivity index (χ3n) is 3.64. The lowest BCUT2D eigenvalue weighted by molar-refractivity contribution is 0.0661. The summed E-state index contributed by atoms with van der Waals surface area (Å²) in [6, 6.07) is 2.00. The number of nitrogens with zero attached hydrogens (tertiary/aromatic N) is 3. The highest BCUT2D eigenvalue weighted by Gasteiger charge is 2.29. The average Bonchev–Trinajstić information content (AvgIpc) is 2.74. The Morgan fingerprint density at radius 1 is 1.53 bits per heavy atom. The van der Waals surface area contributed by atoms with Gasteiger partial charge in [-0.25, -0.2) is 0 Å². The Kier molecular flexibility index (Phi) is 3.47. The number of hydrogen-bond acceptors (Lipinski definition) is 3. The molecule has 1 saturated carbocycles. The van der Waals surface area contributed by atoms with E-state index in [1.165, 1.54) is 6.42 Å². The van der Waals surface area contributed by atoms with Crippen LogP contribution in [0, 0.1) is 0 Å². The van der Waals surface area contributed by atoms with E-state index in [1.54, 1.807) is 28.9 Å². The first-order chi connectivity index (χ1) is 8.11. The van der Waals surface area contributed by atoms with Crippen molar-refractivity contribution < 1.29 is 4.79 Å². The largest absolute Gasteiger partial charge is 0.336 e. The summed E-state index contributed by atoms with van der Waals surface area (Å²) >= 11 is 0. The average molecular weight is 236 g/mol. The SMILES string of the molecule is CN(C(=O)c1ccnn1C)C1CCCCC1N. The van der Waals surface area contributed by atoms with Crippen LogP contribution in [0.2, 0.25) is 0 Å². The number of aryl methyl sites for hydroxylation is 1. The molecular formula is C12H20N4O. The van der Waals surface area contributed by atoms with Crippen molar-refractivity contribution in [2.75, 3.05) is 7.05 Å². The molecule has 0 aromatic carbocycles. The Morgan fingerprint density at radius 2 is 2.24 bits per heavy atom. The van der Waals surface area contributed by atoms with Crippen molar-refractivity contribution in [2.45, 2.75) is 37.8 Å². The van der Waals surface area contributed by atoms with Gasteiger partial charge in [-0.3, -0.25) is 9.48 Å². The quantitative estimate of drug-likeness (QED) is 0.824. The van der Waals surface area contributed by atoms with Crippen LogP contribution in [0.5, 0.6) is 0 Å². The van der Waals surface area contributed by atoms with Crippen molar-refractivity contribution in [3.63, 3.8) is 0 Å². The molecule has 1 aliphatic rings. The molecule has 1 aromatic heterocycles. The van der Waals surface area contributed by atoms with Crippen LogP contribution < -0.4 is 5.73 Å². The van der Waals surface area contributed by atoms with Crippen LogP contribution in [-0.2, 0) is 7.05 Å². The summed E-state index contributed by atoms with van der Waals surface area (Å²) in [6.07, 6.45) is 5.98. The lowest BCUT2D eigenvalue weighted by atomic mass is 9.90. The van der Waals surface area contributed by atoms with Gasteiger partial charge in [-0.05, 0) is 18.9 Å². The number of likely N-dealkylation sites (N-methyl/N-ethyl adjacent to an activating group) is 1. The smallest absolute Gasteiger partial charge is 0.272 e. The molecule has 5 nitrogen and oxygen atoms in total. The Bertz CT molecular complexity index is 401. The molecule has 1 aliphatic carbocycles. The van der Waals surface area contributed by atoms with Crippen LogP contribution >= 0.6 is 0 Å². The first-order valence-electron chi connectivity index (χ1n) is 6.12. The van der Waals surface area contributed by atoms with Crippen molar-refractivity contribution in [2.24, 2.45) is 12.8 Å². The summed E-state index contributed by atoms with van der Waals surface area (Å²) in [5.41, 5.74) is 6.71. The monoisotopic (exact) mass is 236 g/mol. The van der Waals surface area contributed by atoms with Gasteiger partial charge in [-0.2, -0.15) is 5.10 Å². The fourth-order valence-corrected chi connectivity index (χ4v) is 2.54. The van der Waals surface area contributed by atoms with Crippen molar-refractivity contribution in [1.29, 1.82) is 0 Å². The highest BCUT2D eigenvalue weighted by Crippen LogP contribution is 2.22. The van der Waals surface area contributed by atoms with E-state index in [0.29, 0.717) is 5.69 Å². The molecule has 1 heterocycles. The maximum atomic E-state index is 12.3. The molecule has 17 heavy (non-hydrogen) atoms. The molecular weight excluding hydrogens is 216 g/mol. The van der Waals surface area contributed by atoms with Gasteiger partial charge in [0.1, 0.15) is 5.69 Å². The summed E-state index contributed by atoms with van der Waals surface area (Å²) < 4.78 is 1.60. The molecule has 1 amide bonds. The molecule has 94 valence electrons. The standard InChI is InChI=1S/C12H20N4O/c1-15(10-6-4-3-5-9(10)13)12(17)11-7-8-14-16(11)2/h7-10H,3-6,13H2,1-2H3. The predicted octanol–water partition coefficient (Wildman–Crippen LogP) is 0.762. The second-order valence-electron chi connectivity index (χ2n) is 4.77. The number of amides is 1. The van der Waals surface area contributed by atoms with Gasteiger partial charge in [0.2, 0.25) is 0 Å².